The van der Waals surface area contributed by atoms with Crippen molar-refractivity contribution in [3.63, 3.8) is 0 Å². The van der Waals surface area contributed by atoms with Gasteiger partial charge in [-0.3, -0.25) is 9.79 Å². The summed E-state index contributed by atoms with van der Waals surface area (Å²) in [6.45, 7) is 5.64. The molecule has 0 aromatic carbocycles. The second kappa shape index (κ2) is 8.92. The molecule has 176 valence electrons. The molecule has 6 nitrogen and oxygen atoms in total. The van der Waals surface area contributed by atoms with Gasteiger partial charge in [0.05, 0.1) is 0 Å². The summed E-state index contributed by atoms with van der Waals surface area (Å²) < 4.78 is 5.90. The number of carbonyl (C=O) groups excluding carboxylic acids is 1. The van der Waals surface area contributed by atoms with Crippen molar-refractivity contribution in [3.05, 3.63) is 0 Å². The highest BCUT2D eigenvalue weighted by atomic mass is 16.5. The number of hydrogen-bond acceptors (Lipinski definition) is 4. The lowest BCUT2D eigenvalue weighted by Gasteiger charge is -2.60. The predicted molar refractivity (Wildman–Crippen MR) is 124 cm³/mol. The summed E-state index contributed by atoms with van der Waals surface area (Å²) in [6, 6.07) is -0.586. The number of rotatable bonds is 6. The minimum Gasteiger partial charge on any atom is -0.461 e. The third-order valence-electron chi connectivity index (χ3n) is 9.95. The monoisotopic (exact) mass is 432 g/mol. The number of carbonyl (C=O) groups is 1. The Hall–Kier alpha value is -1.30. The van der Waals surface area contributed by atoms with Gasteiger partial charge in [-0.25, -0.2) is 0 Å². The molecule has 0 bridgehead atoms. The molecule has 31 heavy (non-hydrogen) atoms. The molecule has 0 saturated heterocycles. The van der Waals surface area contributed by atoms with Crippen molar-refractivity contribution >= 4 is 11.9 Å². The minimum absolute atomic E-state index is 0.0335. The second-order valence-electron chi connectivity index (χ2n) is 11.6. The molecule has 6 N–H and O–H groups in total. The van der Waals surface area contributed by atoms with Crippen molar-refractivity contribution in [2.75, 3.05) is 6.54 Å². The number of fused-ring (bicyclic) bond motifs is 5. The summed E-state index contributed by atoms with van der Waals surface area (Å²) in [5, 5.41) is 0. The fraction of sp³-hybridized carbons (Fsp3) is 0.920. The smallest absolute Gasteiger partial charge is 0.323 e. The average Bonchev–Trinajstić information content (AvgIpc) is 3.13. The van der Waals surface area contributed by atoms with Gasteiger partial charge in [0.2, 0.25) is 0 Å². The van der Waals surface area contributed by atoms with Crippen LogP contribution < -0.4 is 17.2 Å². The minimum atomic E-state index is -0.586. The summed E-state index contributed by atoms with van der Waals surface area (Å²) in [4.78, 5) is 16.5. The third-order valence-corrected chi connectivity index (χ3v) is 9.95. The van der Waals surface area contributed by atoms with Gasteiger partial charge in [0.1, 0.15) is 12.1 Å². The fourth-order valence-electron chi connectivity index (χ4n) is 8.21. The lowest BCUT2D eigenvalue weighted by Crippen LogP contribution is -2.53. The van der Waals surface area contributed by atoms with Gasteiger partial charge in [-0.2, -0.15) is 0 Å². The van der Waals surface area contributed by atoms with Crippen LogP contribution in [0, 0.1) is 34.5 Å². The van der Waals surface area contributed by atoms with Crippen LogP contribution in [0.4, 0.5) is 0 Å². The van der Waals surface area contributed by atoms with E-state index in [-0.39, 0.29) is 18.0 Å². The standard InChI is InChI=1S/C25H44N4O2/c1-24-11-3-5-19(24)18-8-7-16-15-17(9-13-25(16,2)20(18)10-12-24)31-22(30)21(26)6-4-14-29-23(27)28/h16-21H,3-15,26H2,1-2H3,(H4,27,28,29)/t16-,17-,18+,19+,20+,21+,24+,25+/m1/s1. The van der Waals surface area contributed by atoms with Gasteiger partial charge in [-0.15, -0.1) is 0 Å². The van der Waals surface area contributed by atoms with Gasteiger partial charge < -0.3 is 21.9 Å². The van der Waals surface area contributed by atoms with Crippen LogP contribution >= 0.6 is 0 Å². The molecule has 4 fully saturated rings. The highest BCUT2D eigenvalue weighted by Gasteiger charge is 2.58. The quantitative estimate of drug-likeness (QED) is 0.256. The van der Waals surface area contributed by atoms with E-state index in [2.05, 4.69) is 18.8 Å². The van der Waals surface area contributed by atoms with E-state index < -0.39 is 6.04 Å². The molecule has 0 heterocycles. The van der Waals surface area contributed by atoms with E-state index in [0.29, 0.717) is 36.1 Å². The molecule has 4 aliphatic carbocycles. The SMILES string of the molecule is C[C@@]12CCC[C@H]1[C@@H]1CC[C@@H]3C[C@H](OC(=O)[C@@H](N)CCCN=C(N)N)CC[C@]3(C)[C@H]1CC2. The molecular formula is C25H44N4O2. The number of guanidine groups is 1. The van der Waals surface area contributed by atoms with Crippen molar-refractivity contribution in [3.8, 4) is 0 Å². The van der Waals surface area contributed by atoms with Crippen LogP contribution in [-0.2, 0) is 9.53 Å². The van der Waals surface area contributed by atoms with E-state index in [1.54, 1.807) is 0 Å². The molecular weight excluding hydrogens is 388 g/mol. The summed E-state index contributed by atoms with van der Waals surface area (Å²) >= 11 is 0. The van der Waals surface area contributed by atoms with Crippen LogP contribution in [0.25, 0.3) is 0 Å². The molecule has 0 amide bonds. The summed E-state index contributed by atoms with van der Waals surface area (Å²) in [5.74, 6) is 3.26. The highest BCUT2D eigenvalue weighted by Crippen LogP contribution is 2.66. The van der Waals surface area contributed by atoms with Crippen LogP contribution in [0.5, 0.6) is 0 Å². The van der Waals surface area contributed by atoms with Crippen molar-refractivity contribution in [2.45, 2.75) is 103 Å². The number of hydrogen-bond donors (Lipinski definition) is 3. The predicted octanol–water partition coefficient (Wildman–Crippen LogP) is 3.71. The van der Waals surface area contributed by atoms with Crippen molar-refractivity contribution in [2.24, 2.45) is 56.7 Å². The van der Waals surface area contributed by atoms with Gasteiger partial charge in [0.15, 0.2) is 5.96 Å². The Labute approximate surface area is 188 Å². The number of nitrogens with zero attached hydrogens (tertiary/aromatic N) is 1. The van der Waals surface area contributed by atoms with E-state index in [9.17, 15) is 4.79 Å². The third kappa shape index (κ3) is 4.46. The van der Waals surface area contributed by atoms with Crippen molar-refractivity contribution in [1.82, 2.24) is 0 Å². The van der Waals surface area contributed by atoms with Crippen molar-refractivity contribution in [1.29, 1.82) is 0 Å². The zero-order valence-electron chi connectivity index (χ0n) is 19.7. The first-order chi connectivity index (χ1) is 14.7. The van der Waals surface area contributed by atoms with E-state index in [0.717, 1.165) is 30.6 Å². The molecule has 0 aliphatic heterocycles. The Morgan fingerprint density at radius 1 is 1.06 bits per heavy atom. The van der Waals surface area contributed by atoms with E-state index in [1.807, 2.05) is 0 Å². The van der Waals surface area contributed by atoms with Crippen LogP contribution in [-0.4, -0.2) is 30.6 Å². The molecule has 0 aromatic heterocycles. The Balaban J connectivity index is 1.31. The maximum atomic E-state index is 12.5. The Bertz CT molecular complexity index is 693. The molecule has 0 radical (unpaired) electrons. The molecule has 0 spiro atoms. The summed E-state index contributed by atoms with van der Waals surface area (Å²) in [7, 11) is 0. The zero-order valence-corrected chi connectivity index (χ0v) is 19.7. The summed E-state index contributed by atoms with van der Waals surface area (Å²) in [6.07, 6.45) is 14.4. The number of esters is 1. The maximum Gasteiger partial charge on any atom is 0.323 e. The van der Waals surface area contributed by atoms with E-state index >= 15 is 0 Å². The van der Waals surface area contributed by atoms with Gasteiger partial charge in [-0.05, 0) is 105 Å². The summed E-state index contributed by atoms with van der Waals surface area (Å²) in [5.41, 5.74) is 17.8. The molecule has 8 atom stereocenters. The molecule has 4 rings (SSSR count). The Morgan fingerprint density at radius 2 is 1.87 bits per heavy atom. The average molecular weight is 433 g/mol. The van der Waals surface area contributed by atoms with Crippen LogP contribution in [0.3, 0.4) is 0 Å². The first kappa shape index (κ1) is 22.9. The molecule has 4 aliphatic rings. The first-order valence-electron chi connectivity index (χ1n) is 12.7. The lowest BCUT2D eigenvalue weighted by molar-refractivity contribution is -0.163. The Kier molecular flexibility index (Phi) is 6.58. The Morgan fingerprint density at radius 3 is 2.65 bits per heavy atom. The largest absolute Gasteiger partial charge is 0.461 e. The fourth-order valence-corrected chi connectivity index (χ4v) is 8.21. The van der Waals surface area contributed by atoms with E-state index in [4.69, 9.17) is 21.9 Å². The highest BCUT2D eigenvalue weighted by molar-refractivity contribution is 5.76. The molecule has 4 saturated carbocycles. The van der Waals surface area contributed by atoms with Gasteiger partial charge in [0.25, 0.3) is 0 Å². The molecule has 0 unspecified atom stereocenters. The van der Waals surface area contributed by atoms with Gasteiger partial charge in [0, 0.05) is 6.54 Å². The zero-order chi connectivity index (χ0) is 22.2. The molecule has 6 heteroatoms. The topological polar surface area (TPSA) is 117 Å². The normalized spacial score (nSPS) is 42.6. The van der Waals surface area contributed by atoms with Crippen LogP contribution in [0.2, 0.25) is 0 Å². The van der Waals surface area contributed by atoms with Crippen LogP contribution in [0.1, 0.15) is 90.9 Å². The lowest BCUT2D eigenvalue weighted by atomic mass is 9.45. The van der Waals surface area contributed by atoms with Crippen molar-refractivity contribution < 1.29 is 9.53 Å². The maximum absolute atomic E-state index is 12.5. The molecule has 0 aromatic rings. The van der Waals surface area contributed by atoms with E-state index in [1.165, 1.54) is 51.4 Å². The number of aliphatic imine (C=N–C) groups is 1. The van der Waals surface area contributed by atoms with Crippen LogP contribution in [0.15, 0.2) is 4.99 Å². The first-order valence-corrected chi connectivity index (χ1v) is 12.7. The number of nitrogens with two attached hydrogens (primary N) is 3. The van der Waals surface area contributed by atoms with Gasteiger partial charge >= 0.3 is 5.97 Å². The van der Waals surface area contributed by atoms with Gasteiger partial charge in [-0.1, -0.05) is 20.3 Å². The number of ether oxygens (including phenoxy) is 1. The second-order valence-corrected chi connectivity index (χ2v) is 11.6.